The summed E-state index contributed by atoms with van der Waals surface area (Å²) in [6.45, 7) is 0.543. The number of hydrogen-bond acceptors (Lipinski definition) is 4. The summed E-state index contributed by atoms with van der Waals surface area (Å²) >= 11 is 0. The quantitative estimate of drug-likeness (QED) is 0.629. The first-order valence-corrected chi connectivity index (χ1v) is 9.46. The van der Waals surface area contributed by atoms with Gasteiger partial charge in [0, 0.05) is 24.2 Å². The van der Waals surface area contributed by atoms with E-state index in [1.165, 1.54) is 37.8 Å². The van der Waals surface area contributed by atoms with Gasteiger partial charge in [0.25, 0.3) is 0 Å². The molecule has 2 aromatic carbocycles. The Morgan fingerprint density at radius 3 is 2.41 bits per heavy atom. The van der Waals surface area contributed by atoms with Gasteiger partial charge in [0.05, 0.1) is 5.69 Å². The number of rotatable bonds is 6. The van der Waals surface area contributed by atoms with Gasteiger partial charge < -0.3 is 10.6 Å². The maximum absolute atomic E-state index is 13.1. The second-order valence-corrected chi connectivity index (χ2v) is 6.93. The monoisotopic (exact) mass is 362 g/mol. The Kier molecular flexibility index (Phi) is 5.28. The highest BCUT2D eigenvalue weighted by Crippen LogP contribution is 2.25. The first-order valence-electron chi connectivity index (χ1n) is 9.46. The zero-order valence-electron chi connectivity index (χ0n) is 15.2. The summed E-state index contributed by atoms with van der Waals surface area (Å²) in [5.74, 6) is 1.18. The Hall–Kier alpha value is -2.95. The Labute approximate surface area is 158 Å². The summed E-state index contributed by atoms with van der Waals surface area (Å²) in [5.41, 5.74) is 2.92. The van der Waals surface area contributed by atoms with Crippen molar-refractivity contribution in [3.8, 4) is 11.3 Å². The molecule has 138 valence electrons. The third kappa shape index (κ3) is 4.61. The van der Waals surface area contributed by atoms with Crippen molar-refractivity contribution in [3.05, 3.63) is 72.0 Å². The Morgan fingerprint density at radius 2 is 1.67 bits per heavy atom. The van der Waals surface area contributed by atoms with Crippen molar-refractivity contribution in [2.24, 2.45) is 0 Å². The summed E-state index contributed by atoms with van der Waals surface area (Å²) in [7, 11) is 0. The second-order valence-electron chi connectivity index (χ2n) is 6.93. The molecule has 27 heavy (non-hydrogen) atoms. The Balaban J connectivity index is 1.57. The molecule has 0 aliphatic heterocycles. The summed E-state index contributed by atoms with van der Waals surface area (Å²) in [4.78, 5) is 9.32. The molecule has 1 aliphatic rings. The van der Waals surface area contributed by atoms with Gasteiger partial charge in [0.1, 0.15) is 11.6 Å². The van der Waals surface area contributed by atoms with Gasteiger partial charge >= 0.3 is 0 Å². The van der Waals surface area contributed by atoms with E-state index in [9.17, 15) is 4.39 Å². The molecular formula is C22H23FN4. The van der Waals surface area contributed by atoms with E-state index in [4.69, 9.17) is 0 Å². The molecule has 1 aliphatic carbocycles. The molecule has 0 spiro atoms. The molecular weight excluding hydrogens is 339 g/mol. The van der Waals surface area contributed by atoms with E-state index in [1.54, 1.807) is 12.1 Å². The number of hydrogen-bond donors (Lipinski definition) is 2. The van der Waals surface area contributed by atoms with Gasteiger partial charge in [-0.3, -0.25) is 0 Å². The van der Waals surface area contributed by atoms with E-state index in [-0.39, 0.29) is 5.82 Å². The van der Waals surface area contributed by atoms with Crippen molar-refractivity contribution in [2.75, 3.05) is 10.6 Å². The van der Waals surface area contributed by atoms with Crippen molar-refractivity contribution in [1.82, 2.24) is 9.97 Å². The third-order valence-electron chi connectivity index (χ3n) is 4.87. The maximum Gasteiger partial charge on any atom is 0.225 e. The molecule has 3 aromatic rings. The standard InChI is InChI=1S/C22H23FN4/c23-18-12-10-16(11-13-18)15-24-22-26-20(17-6-2-1-3-7-17)14-21(27-22)25-19-8-4-5-9-19/h1-3,6-7,10-14,19H,4-5,8-9,15H2,(H2,24,25,26,27). The molecule has 0 bridgehead atoms. The molecule has 0 atom stereocenters. The van der Waals surface area contributed by atoms with E-state index in [1.807, 2.05) is 36.4 Å². The number of nitrogens with one attached hydrogen (secondary N) is 2. The summed E-state index contributed by atoms with van der Waals surface area (Å²) in [5, 5.41) is 6.83. The molecule has 0 radical (unpaired) electrons. The molecule has 1 fully saturated rings. The van der Waals surface area contributed by atoms with Crippen LogP contribution in [0.2, 0.25) is 0 Å². The summed E-state index contributed by atoms with van der Waals surface area (Å²) in [6.07, 6.45) is 4.90. The summed E-state index contributed by atoms with van der Waals surface area (Å²) in [6, 6.07) is 19.1. The van der Waals surface area contributed by atoms with Crippen LogP contribution in [-0.2, 0) is 6.54 Å². The van der Waals surface area contributed by atoms with Gasteiger partial charge in [-0.15, -0.1) is 0 Å². The van der Waals surface area contributed by atoms with Crippen molar-refractivity contribution in [3.63, 3.8) is 0 Å². The molecule has 4 nitrogen and oxygen atoms in total. The Bertz CT molecular complexity index is 875. The summed E-state index contributed by atoms with van der Waals surface area (Å²) < 4.78 is 13.1. The molecule has 1 saturated carbocycles. The third-order valence-corrected chi connectivity index (χ3v) is 4.87. The normalized spacial score (nSPS) is 14.3. The highest BCUT2D eigenvalue weighted by atomic mass is 19.1. The van der Waals surface area contributed by atoms with Crippen LogP contribution in [0, 0.1) is 5.82 Å². The van der Waals surface area contributed by atoms with Crippen LogP contribution in [0.5, 0.6) is 0 Å². The molecule has 0 unspecified atom stereocenters. The smallest absolute Gasteiger partial charge is 0.225 e. The predicted octanol–water partition coefficient (Wildman–Crippen LogP) is 5.25. The van der Waals surface area contributed by atoms with Crippen LogP contribution < -0.4 is 10.6 Å². The molecule has 0 amide bonds. The van der Waals surface area contributed by atoms with Crippen LogP contribution in [0.25, 0.3) is 11.3 Å². The number of nitrogens with zero attached hydrogens (tertiary/aromatic N) is 2. The van der Waals surface area contributed by atoms with Crippen LogP contribution in [0.4, 0.5) is 16.2 Å². The molecule has 4 rings (SSSR count). The minimum absolute atomic E-state index is 0.232. The lowest BCUT2D eigenvalue weighted by atomic mass is 10.1. The van der Waals surface area contributed by atoms with E-state index in [2.05, 4.69) is 20.6 Å². The highest BCUT2D eigenvalue weighted by Gasteiger charge is 2.16. The van der Waals surface area contributed by atoms with Gasteiger partial charge in [-0.2, -0.15) is 4.98 Å². The average Bonchev–Trinajstić information content (AvgIpc) is 3.21. The fourth-order valence-corrected chi connectivity index (χ4v) is 3.42. The van der Waals surface area contributed by atoms with Crippen molar-refractivity contribution < 1.29 is 4.39 Å². The zero-order chi connectivity index (χ0) is 18.5. The molecule has 2 N–H and O–H groups in total. The lowest BCUT2D eigenvalue weighted by Gasteiger charge is -2.15. The minimum atomic E-state index is -0.232. The lowest BCUT2D eigenvalue weighted by Crippen LogP contribution is -2.16. The van der Waals surface area contributed by atoms with Crippen molar-refractivity contribution >= 4 is 11.8 Å². The zero-order valence-corrected chi connectivity index (χ0v) is 15.2. The molecule has 1 heterocycles. The van der Waals surface area contributed by atoms with Gasteiger partial charge in [0.2, 0.25) is 5.95 Å². The first kappa shape index (κ1) is 17.5. The van der Waals surface area contributed by atoms with Gasteiger partial charge in [-0.25, -0.2) is 9.37 Å². The van der Waals surface area contributed by atoms with Crippen LogP contribution >= 0.6 is 0 Å². The minimum Gasteiger partial charge on any atom is -0.367 e. The van der Waals surface area contributed by atoms with Crippen molar-refractivity contribution in [2.45, 2.75) is 38.3 Å². The van der Waals surface area contributed by atoms with Gasteiger partial charge in [-0.05, 0) is 30.5 Å². The average molecular weight is 362 g/mol. The van der Waals surface area contributed by atoms with E-state index in [0.717, 1.165) is 22.6 Å². The van der Waals surface area contributed by atoms with E-state index >= 15 is 0 Å². The van der Waals surface area contributed by atoms with E-state index < -0.39 is 0 Å². The number of benzene rings is 2. The number of aromatic nitrogens is 2. The van der Waals surface area contributed by atoms with Crippen molar-refractivity contribution in [1.29, 1.82) is 0 Å². The second kappa shape index (κ2) is 8.16. The molecule has 1 aromatic heterocycles. The maximum atomic E-state index is 13.1. The fraction of sp³-hybridized carbons (Fsp3) is 0.273. The highest BCUT2D eigenvalue weighted by molar-refractivity contribution is 5.64. The predicted molar refractivity (Wildman–Crippen MR) is 107 cm³/mol. The first-order chi connectivity index (χ1) is 13.3. The molecule has 0 saturated heterocycles. The topological polar surface area (TPSA) is 49.8 Å². The van der Waals surface area contributed by atoms with Crippen LogP contribution in [0.15, 0.2) is 60.7 Å². The van der Waals surface area contributed by atoms with Crippen LogP contribution in [0.1, 0.15) is 31.2 Å². The number of halogens is 1. The van der Waals surface area contributed by atoms with Crippen LogP contribution in [-0.4, -0.2) is 16.0 Å². The fourth-order valence-electron chi connectivity index (χ4n) is 3.42. The van der Waals surface area contributed by atoms with Gasteiger partial charge in [0.15, 0.2) is 0 Å². The SMILES string of the molecule is Fc1ccc(CNc2nc(NC3CCCC3)cc(-c3ccccc3)n2)cc1. The Morgan fingerprint density at radius 1 is 0.926 bits per heavy atom. The van der Waals surface area contributed by atoms with Gasteiger partial charge in [-0.1, -0.05) is 55.3 Å². The van der Waals surface area contributed by atoms with E-state index in [0.29, 0.717) is 18.5 Å². The lowest BCUT2D eigenvalue weighted by molar-refractivity contribution is 0.627. The largest absolute Gasteiger partial charge is 0.367 e. The van der Waals surface area contributed by atoms with Crippen LogP contribution in [0.3, 0.4) is 0 Å². The molecule has 5 heteroatoms. The number of anilines is 2.